The van der Waals surface area contributed by atoms with E-state index in [9.17, 15) is 4.39 Å². The first kappa shape index (κ1) is 20.0. The highest BCUT2D eigenvalue weighted by molar-refractivity contribution is 6.29. The van der Waals surface area contributed by atoms with Crippen molar-refractivity contribution < 1.29 is 9.13 Å². The fourth-order valence-corrected chi connectivity index (χ4v) is 2.72. The summed E-state index contributed by atoms with van der Waals surface area (Å²) < 4.78 is 20.3. The van der Waals surface area contributed by atoms with Gasteiger partial charge in [0, 0.05) is 24.2 Å². The monoisotopic (exact) mass is 378 g/mol. The van der Waals surface area contributed by atoms with Crippen molar-refractivity contribution in [3.8, 4) is 5.75 Å². The molecule has 26 heavy (non-hydrogen) atoms. The summed E-state index contributed by atoms with van der Waals surface area (Å²) in [7, 11) is 1.52. The fourth-order valence-electron chi connectivity index (χ4n) is 2.53. The molecule has 0 radical (unpaired) electrons. The van der Waals surface area contributed by atoms with Gasteiger partial charge >= 0.3 is 0 Å². The first-order chi connectivity index (χ1) is 12.5. The topological polar surface area (TPSA) is 51.5 Å². The summed E-state index contributed by atoms with van der Waals surface area (Å²) in [4.78, 5) is 4.44. The fraction of sp³-hybridized carbons (Fsp3) is 0.368. The molecule has 0 aliphatic carbocycles. The van der Waals surface area contributed by atoms with Crippen molar-refractivity contribution in [2.45, 2.75) is 40.2 Å². The lowest BCUT2D eigenvalue weighted by Crippen LogP contribution is -2.06. The molecule has 0 aliphatic heterocycles. The Morgan fingerprint density at radius 3 is 2.65 bits per heavy atom. The van der Waals surface area contributed by atoms with Crippen molar-refractivity contribution in [2.75, 3.05) is 12.4 Å². The van der Waals surface area contributed by atoms with Crippen LogP contribution in [-0.2, 0) is 6.54 Å². The van der Waals surface area contributed by atoms with E-state index in [4.69, 9.17) is 16.3 Å². The summed E-state index contributed by atoms with van der Waals surface area (Å²) in [5.41, 5.74) is 3.27. The molecule has 2 heterocycles. The van der Waals surface area contributed by atoms with Crippen LogP contribution in [0.15, 0.2) is 30.5 Å². The Balaban J connectivity index is 0.00000117. The average molecular weight is 379 g/mol. The Bertz CT molecular complexity index is 879. The Kier molecular flexibility index (Phi) is 6.80. The zero-order chi connectivity index (χ0) is 19.3. The minimum Gasteiger partial charge on any atom is -0.496 e. The van der Waals surface area contributed by atoms with Gasteiger partial charge in [0.05, 0.1) is 24.7 Å². The van der Waals surface area contributed by atoms with Gasteiger partial charge in [0.25, 0.3) is 0 Å². The van der Waals surface area contributed by atoms with Crippen molar-refractivity contribution in [3.05, 3.63) is 52.7 Å². The second-order valence-corrected chi connectivity index (χ2v) is 6.15. The van der Waals surface area contributed by atoms with Crippen LogP contribution in [0.3, 0.4) is 0 Å². The van der Waals surface area contributed by atoms with Crippen molar-refractivity contribution >= 4 is 22.9 Å². The van der Waals surface area contributed by atoms with Crippen LogP contribution in [0.5, 0.6) is 5.75 Å². The highest BCUT2D eigenvalue weighted by Crippen LogP contribution is 2.26. The lowest BCUT2D eigenvalue weighted by Gasteiger charge is -2.12. The van der Waals surface area contributed by atoms with Crippen LogP contribution >= 0.6 is 11.6 Å². The van der Waals surface area contributed by atoms with Crippen molar-refractivity contribution in [2.24, 2.45) is 0 Å². The minimum atomic E-state index is -0.334. The first-order valence-corrected chi connectivity index (χ1v) is 8.98. The molecule has 3 rings (SSSR count). The molecule has 140 valence electrons. The van der Waals surface area contributed by atoms with E-state index >= 15 is 0 Å². The standard InChI is InChI=1S/C17H18ClFN4O.C2H6/c1-10(2)14-9-21-17-13(7-16(18)22-23(14)17)20-8-11-4-5-12(19)6-15(11)24-3;1-2/h4-7,9-10,20H,8H2,1-3H3;1-2H3. The van der Waals surface area contributed by atoms with Crippen LogP contribution in [0.4, 0.5) is 10.1 Å². The largest absolute Gasteiger partial charge is 0.496 e. The van der Waals surface area contributed by atoms with Gasteiger partial charge in [-0.2, -0.15) is 5.10 Å². The van der Waals surface area contributed by atoms with Crippen molar-refractivity contribution in [3.63, 3.8) is 0 Å². The molecule has 0 amide bonds. The van der Waals surface area contributed by atoms with Crippen LogP contribution in [0.25, 0.3) is 5.65 Å². The third kappa shape index (κ3) is 4.25. The summed E-state index contributed by atoms with van der Waals surface area (Å²) in [6, 6.07) is 6.18. The van der Waals surface area contributed by atoms with Gasteiger partial charge in [-0.05, 0) is 12.0 Å². The lowest BCUT2D eigenvalue weighted by molar-refractivity contribution is 0.406. The molecule has 0 saturated carbocycles. The molecule has 3 aromatic rings. The van der Waals surface area contributed by atoms with Crippen LogP contribution in [-0.4, -0.2) is 21.7 Å². The third-order valence-corrected chi connectivity index (χ3v) is 3.96. The molecule has 0 fully saturated rings. The lowest BCUT2D eigenvalue weighted by atomic mass is 10.1. The molecule has 0 spiro atoms. The number of rotatable bonds is 5. The number of imidazole rings is 1. The highest BCUT2D eigenvalue weighted by atomic mass is 35.5. The number of benzene rings is 1. The van der Waals surface area contributed by atoms with E-state index in [1.165, 1.54) is 19.2 Å². The van der Waals surface area contributed by atoms with E-state index in [1.54, 1.807) is 22.8 Å². The molecule has 0 atom stereocenters. The highest BCUT2D eigenvalue weighted by Gasteiger charge is 2.13. The normalized spacial score (nSPS) is 10.6. The maximum absolute atomic E-state index is 13.3. The van der Waals surface area contributed by atoms with Crippen LogP contribution < -0.4 is 10.1 Å². The second kappa shape index (κ2) is 8.85. The molecule has 0 unspecified atom stereocenters. The maximum atomic E-state index is 13.3. The summed E-state index contributed by atoms with van der Waals surface area (Å²) >= 11 is 6.14. The molecule has 1 aromatic carbocycles. The zero-order valence-electron chi connectivity index (χ0n) is 15.7. The number of halogens is 2. The van der Waals surface area contributed by atoms with E-state index in [2.05, 4.69) is 29.2 Å². The average Bonchev–Trinajstić information content (AvgIpc) is 3.06. The van der Waals surface area contributed by atoms with Gasteiger partial charge in [0.15, 0.2) is 10.8 Å². The third-order valence-electron chi connectivity index (χ3n) is 3.77. The Labute approximate surface area is 158 Å². The molecule has 7 heteroatoms. The summed E-state index contributed by atoms with van der Waals surface area (Å²) in [6.45, 7) is 8.59. The molecule has 0 bridgehead atoms. The summed E-state index contributed by atoms with van der Waals surface area (Å²) in [5, 5.41) is 7.98. The number of hydrogen-bond acceptors (Lipinski definition) is 4. The maximum Gasteiger partial charge on any atom is 0.177 e. The molecular weight excluding hydrogens is 355 g/mol. The van der Waals surface area contributed by atoms with Crippen LogP contribution in [0.2, 0.25) is 5.15 Å². The van der Waals surface area contributed by atoms with Gasteiger partial charge in [-0.3, -0.25) is 0 Å². The molecule has 1 N–H and O–H groups in total. The van der Waals surface area contributed by atoms with Gasteiger partial charge in [-0.1, -0.05) is 45.4 Å². The Morgan fingerprint density at radius 1 is 1.27 bits per heavy atom. The molecular formula is C19H24ClFN4O. The van der Waals surface area contributed by atoms with Gasteiger partial charge < -0.3 is 10.1 Å². The molecule has 0 saturated heterocycles. The Hall–Kier alpha value is -2.34. The zero-order valence-corrected chi connectivity index (χ0v) is 16.4. The summed E-state index contributed by atoms with van der Waals surface area (Å²) in [5.74, 6) is 0.431. The predicted octanol–water partition coefficient (Wildman–Crippen LogP) is 5.29. The van der Waals surface area contributed by atoms with Crippen molar-refractivity contribution in [1.82, 2.24) is 14.6 Å². The SMILES string of the molecule is CC.COc1cc(F)ccc1CNc1cc(Cl)nn2c(C(C)C)cnc12. The summed E-state index contributed by atoms with van der Waals surface area (Å²) in [6.07, 6.45) is 1.80. The van der Waals surface area contributed by atoms with E-state index in [0.717, 1.165) is 16.9 Å². The Morgan fingerprint density at radius 2 is 2.00 bits per heavy atom. The van der Waals surface area contributed by atoms with Gasteiger partial charge in [0.1, 0.15) is 11.6 Å². The number of fused-ring (bicyclic) bond motifs is 1. The first-order valence-electron chi connectivity index (χ1n) is 8.60. The van der Waals surface area contributed by atoms with E-state index in [1.807, 2.05) is 13.8 Å². The molecule has 5 nitrogen and oxygen atoms in total. The van der Waals surface area contributed by atoms with Crippen LogP contribution in [0.1, 0.15) is 44.9 Å². The van der Waals surface area contributed by atoms with Gasteiger partial charge in [0.2, 0.25) is 0 Å². The number of ether oxygens (including phenoxy) is 1. The molecule has 0 aliphatic rings. The number of anilines is 1. The predicted molar refractivity (Wildman–Crippen MR) is 104 cm³/mol. The van der Waals surface area contributed by atoms with E-state index < -0.39 is 0 Å². The van der Waals surface area contributed by atoms with Crippen LogP contribution in [0, 0.1) is 5.82 Å². The molecule has 2 aromatic heterocycles. The number of hydrogen-bond donors (Lipinski definition) is 1. The van der Waals surface area contributed by atoms with E-state index in [-0.39, 0.29) is 11.7 Å². The minimum absolute atomic E-state index is 0.274. The van der Waals surface area contributed by atoms with Crippen molar-refractivity contribution in [1.29, 1.82) is 0 Å². The van der Waals surface area contributed by atoms with Gasteiger partial charge in [-0.25, -0.2) is 13.9 Å². The smallest absolute Gasteiger partial charge is 0.177 e. The quantitative estimate of drug-likeness (QED) is 0.655. The number of nitrogens with one attached hydrogen (secondary N) is 1. The van der Waals surface area contributed by atoms with Gasteiger partial charge in [-0.15, -0.1) is 0 Å². The van der Waals surface area contributed by atoms with E-state index in [0.29, 0.717) is 23.1 Å². The number of nitrogens with zero attached hydrogens (tertiary/aromatic N) is 3. The number of methoxy groups -OCH3 is 1. The number of aromatic nitrogens is 3. The second-order valence-electron chi connectivity index (χ2n) is 5.76.